The highest BCUT2D eigenvalue weighted by Gasteiger charge is 2.06. The Morgan fingerprint density at radius 3 is 1.72 bits per heavy atom. The molecule has 29 heavy (non-hydrogen) atoms. The van der Waals surface area contributed by atoms with Gasteiger partial charge in [-0.3, -0.25) is 0 Å². The van der Waals surface area contributed by atoms with Gasteiger partial charge < -0.3 is 9.47 Å². The Labute approximate surface area is 178 Å². The van der Waals surface area contributed by atoms with Crippen molar-refractivity contribution in [2.75, 3.05) is 13.2 Å². The van der Waals surface area contributed by atoms with Gasteiger partial charge in [0, 0.05) is 6.61 Å². The Balaban J connectivity index is 1.65. The first-order valence-corrected chi connectivity index (χ1v) is 11.7. The summed E-state index contributed by atoms with van der Waals surface area (Å²) in [5.74, 6) is 0.923. The fourth-order valence-corrected chi connectivity index (χ4v) is 3.63. The van der Waals surface area contributed by atoms with E-state index in [1.807, 2.05) is 19.1 Å². The zero-order chi connectivity index (χ0) is 20.7. The Bertz CT molecular complexity index is 645. The number of ether oxygens (including phenoxy) is 2. The smallest absolute Gasteiger partial charge is 0.119 e. The van der Waals surface area contributed by atoms with Gasteiger partial charge in [-0.25, -0.2) is 0 Å². The van der Waals surface area contributed by atoms with Crippen LogP contribution in [0.25, 0.3) is 11.1 Å². The minimum atomic E-state index is 0.151. The molecule has 0 saturated heterocycles. The van der Waals surface area contributed by atoms with E-state index in [4.69, 9.17) is 9.47 Å². The molecule has 2 nitrogen and oxygen atoms in total. The first-order chi connectivity index (χ1) is 14.2. The molecule has 2 heteroatoms. The lowest BCUT2D eigenvalue weighted by Crippen LogP contribution is -2.01. The Hall–Kier alpha value is -1.80. The van der Waals surface area contributed by atoms with E-state index in [9.17, 15) is 0 Å². The summed E-state index contributed by atoms with van der Waals surface area (Å²) in [4.78, 5) is 0. The molecular formula is C27H40O2. The average Bonchev–Trinajstić information content (AvgIpc) is 2.76. The van der Waals surface area contributed by atoms with Gasteiger partial charge >= 0.3 is 0 Å². The standard InChI is InChI=1S/C27H40O2/c1-4-6-7-8-9-10-11-12-13-22-29-23(3)24-14-16-25(17-15-24)26-18-20-27(21-19-26)28-5-2/h14-21,23H,4-13,22H2,1-3H3. The first kappa shape index (κ1) is 23.5. The highest BCUT2D eigenvalue weighted by molar-refractivity contribution is 5.64. The van der Waals surface area contributed by atoms with Crippen LogP contribution in [0, 0.1) is 0 Å². The SMILES string of the molecule is CCCCCCCCCCCOC(C)c1ccc(-c2ccc(OCC)cc2)cc1. The second-order valence-corrected chi connectivity index (χ2v) is 7.92. The van der Waals surface area contributed by atoms with Crippen molar-refractivity contribution in [3.8, 4) is 16.9 Å². The van der Waals surface area contributed by atoms with Crippen molar-refractivity contribution in [3.63, 3.8) is 0 Å². The summed E-state index contributed by atoms with van der Waals surface area (Å²) in [7, 11) is 0. The van der Waals surface area contributed by atoms with Gasteiger partial charge in [0.1, 0.15) is 5.75 Å². The zero-order valence-corrected chi connectivity index (χ0v) is 18.8. The summed E-state index contributed by atoms with van der Waals surface area (Å²) in [6.07, 6.45) is 12.3. The molecule has 0 aliphatic carbocycles. The predicted octanol–water partition coefficient (Wildman–Crippen LogP) is 8.36. The summed E-state index contributed by atoms with van der Waals surface area (Å²) < 4.78 is 11.6. The molecule has 0 N–H and O–H groups in total. The lowest BCUT2D eigenvalue weighted by Gasteiger charge is -2.14. The van der Waals surface area contributed by atoms with Gasteiger partial charge in [0.05, 0.1) is 12.7 Å². The van der Waals surface area contributed by atoms with Crippen molar-refractivity contribution in [1.82, 2.24) is 0 Å². The molecule has 0 radical (unpaired) electrons. The third kappa shape index (κ3) is 9.04. The number of hydrogen-bond donors (Lipinski definition) is 0. The number of benzene rings is 2. The van der Waals surface area contributed by atoms with Crippen molar-refractivity contribution in [1.29, 1.82) is 0 Å². The molecule has 0 spiro atoms. The summed E-state index contributed by atoms with van der Waals surface area (Å²) in [6, 6.07) is 17.0. The number of unbranched alkanes of at least 4 members (excludes halogenated alkanes) is 8. The molecule has 0 heterocycles. The molecule has 0 saturated carbocycles. The normalized spacial score (nSPS) is 12.1. The second-order valence-electron chi connectivity index (χ2n) is 7.92. The van der Waals surface area contributed by atoms with E-state index >= 15 is 0 Å². The molecule has 0 fully saturated rings. The summed E-state index contributed by atoms with van der Waals surface area (Å²) >= 11 is 0. The first-order valence-electron chi connectivity index (χ1n) is 11.7. The average molecular weight is 397 g/mol. The molecule has 0 aliphatic heterocycles. The van der Waals surface area contributed by atoms with Crippen LogP contribution in [0.5, 0.6) is 5.75 Å². The van der Waals surface area contributed by atoms with Crippen LogP contribution in [-0.2, 0) is 4.74 Å². The van der Waals surface area contributed by atoms with Crippen molar-refractivity contribution in [2.45, 2.75) is 84.7 Å². The third-order valence-electron chi connectivity index (χ3n) is 5.49. The van der Waals surface area contributed by atoms with E-state index in [1.54, 1.807) is 0 Å². The van der Waals surface area contributed by atoms with Gasteiger partial charge in [-0.2, -0.15) is 0 Å². The molecule has 1 unspecified atom stereocenters. The Kier molecular flexibility index (Phi) is 11.5. The minimum Gasteiger partial charge on any atom is -0.494 e. The molecule has 0 amide bonds. The Morgan fingerprint density at radius 1 is 0.655 bits per heavy atom. The monoisotopic (exact) mass is 396 g/mol. The van der Waals surface area contributed by atoms with E-state index in [0.29, 0.717) is 6.61 Å². The van der Waals surface area contributed by atoms with Gasteiger partial charge in [0.25, 0.3) is 0 Å². The molecule has 0 aromatic heterocycles. The summed E-state index contributed by atoms with van der Waals surface area (Å²) in [5, 5.41) is 0. The lowest BCUT2D eigenvalue weighted by molar-refractivity contribution is 0.0627. The summed E-state index contributed by atoms with van der Waals surface area (Å²) in [6.45, 7) is 7.99. The number of rotatable bonds is 15. The molecule has 2 aromatic carbocycles. The van der Waals surface area contributed by atoms with Gasteiger partial charge in [-0.15, -0.1) is 0 Å². The maximum Gasteiger partial charge on any atom is 0.119 e. The van der Waals surface area contributed by atoms with Crippen molar-refractivity contribution in [3.05, 3.63) is 54.1 Å². The maximum absolute atomic E-state index is 6.06. The van der Waals surface area contributed by atoms with E-state index < -0.39 is 0 Å². The fourth-order valence-electron chi connectivity index (χ4n) is 3.63. The Morgan fingerprint density at radius 2 is 1.17 bits per heavy atom. The lowest BCUT2D eigenvalue weighted by atomic mass is 10.0. The summed E-state index contributed by atoms with van der Waals surface area (Å²) in [5.41, 5.74) is 3.68. The molecule has 0 bridgehead atoms. The van der Waals surface area contributed by atoms with Crippen LogP contribution < -0.4 is 4.74 Å². The topological polar surface area (TPSA) is 18.5 Å². The second kappa shape index (κ2) is 14.2. The molecule has 160 valence electrons. The number of hydrogen-bond acceptors (Lipinski definition) is 2. The van der Waals surface area contributed by atoms with Gasteiger partial charge in [0.15, 0.2) is 0 Å². The van der Waals surface area contributed by atoms with Crippen molar-refractivity contribution < 1.29 is 9.47 Å². The highest BCUT2D eigenvalue weighted by Crippen LogP contribution is 2.25. The van der Waals surface area contributed by atoms with Crippen LogP contribution in [0.2, 0.25) is 0 Å². The van der Waals surface area contributed by atoms with Crippen LogP contribution in [-0.4, -0.2) is 13.2 Å². The van der Waals surface area contributed by atoms with E-state index in [1.165, 1.54) is 74.5 Å². The van der Waals surface area contributed by atoms with Crippen molar-refractivity contribution >= 4 is 0 Å². The molecule has 0 aliphatic rings. The van der Waals surface area contributed by atoms with E-state index in [-0.39, 0.29) is 6.10 Å². The minimum absolute atomic E-state index is 0.151. The van der Waals surface area contributed by atoms with Crippen LogP contribution in [0.15, 0.2) is 48.5 Å². The van der Waals surface area contributed by atoms with Gasteiger partial charge in [-0.1, -0.05) is 94.7 Å². The maximum atomic E-state index is 6.06. The van der Waals surface area contributed by atoms with Crippen LogP contribution in [0.1, 0.15) is 90.2 Å². The van der Waals surface area contributed by atoms with Gasteiger partial charge in [-0.05, 0) is 49.1 Å². The van der Waals surface area contributed by atoms with Crippen LogP contribution in [0.3, 0.4) is 0 Å². The zero-order valence-electron chi connectivity index (χ0n) is 18.8. The fraction of sp³-hybridized carbons (Fsp3) is 0.556. The van der Waals surface area contributed by atoms with E-state index in [0.717, 1.165) is 12.4 Å². The van der Waals surface area contributed by atoms with Crippen LogP contribution in [0.4, 0.5) is 0 Å². The quantitative estimate of drug-likeness (QED) is 0.281. The molecule has 2 rings (SSSR count). The molecule has 1 atom stereocenters. The molecule has 2 aromatic rings. The van der Waals surface area contributed by atoms with E-state index in [2.05, 4.69) is 50.2 Å². The largest absolute Gasteiger partial charge is 0.494 e. The van der Waals surface area contributed by atoms with Crippen LogP contribution >= 0.6 is 0 Å². The molecular weight excluding hydrogens is 356 g/mol. The predicted molar refractivity (Wildman–Crippen MR) is 125 cm³/mol. The third-order valence-corrected chi connectivity index (χ3v) is 5.49. The van der Waals surface area contributed by atoms with Crippen molar-refractivity contribution in [2.24, 2.45) is 0 Å². The highest BCUT2D eigenvalue weighted by atomic mass is 16.5. The van der Waals surface area contributed by atoms with Gasteiger partial charge in [0.2, 0.25) is 0 Å².